The average molecular weight is 252 g/mol. The van der Waals surface area contributed by atoms with Crippen molar-refractivity contribution in [2.75, 3.05) is 26.4 Å². The van der Waals surface area contributed by atoms with Crippen molar-refractivity contribution >= 4 is 0 Å². The van der Waals surface area contributed by atoms with E-state index in [1.54, 1.807) is 12.2 Å². The van der Waals surface area contributed by atoms with Crippen LogP contribution in [0.1, 0.15) is 12.8 Å². The van der Waals surface area contributed by atoms with E-state index in [0.29, 0.717) is 26.4 Å². The van der Waals surface area contributed by atoms with E-state index in [-0.39, 0.29) is 0 Å². The summed E-state index contributed by atoms with van der Waals surface area (Å²) >= 11 is 0. The summed E-state index contributed by atoms with van der Waals surface area (Å²) in [5.41, 5.74) is 0. The lowest BCUT2D eigenvalue weighted by Gasteiger charge is -2.10. The Morgan fingerprint density at radius 3 is 1.72 bits per heavy atom. The second-order valence-electron chi connectivity index (χ2n) is 3.71. The molecule has 0 aromatic heterocycles. The van der Waals surface area contributed by atoms with Gasteiger partial charge in [0.2, 0.25) is 0 Å². The van der Waals surface area contributed by atoms with Gasteiger partial charge in [-0.2, -0.15) is 0 Å². The molecule has 0 radical (unpaired) electrons. The predicted molar refractivity (Wildman–Crippen MR) is 75.6 cm³/mol. The van der Waals surface area contributed by atoms with Crippen LogP contribution < -0.4 is 0 Å². The number of aliphatic hydroxyl groups is 1. The van der Waals surface area contributed by atoms with E-state index in [4.69, 9.17) is 9.47 Å². The van der Waals surface area contributed by atoms with Crippen molar-refractivity contribution in [1.29, 1.82) is 0 Å². The maximum atomic E-state index is 9.54. The predicted octanol–water partition coefficient (Wildman–Crippen LogP) is 2.65. The normalized spacial score (nSPS) is 11.7. The van der Waals surface area contributed by atoms with E-state index in [1.165, 1.54) is 0 Å². The molecule has 3 heteroatoms. The van der Waals surface area contributed by atoms with Gasteiger partial charge in [0.25, 0.3) is 0 Å². The van der Waals surface area contributed by atoms with E-state index >= 15 is 0 Å². The number of ether oxygens (including phenoxy) is 2. The Kier molecular flexibility index (Phi) is 13.0. The number of hydrogen-bond donors (Lipinski definition) is 1. The Hall–Kier alpha value is -1.16. The Labute approximate surface area is 110 Å². The molecule has 0 aliphatic heterocycles. The second kappa shape index (κ2) is 13.9. The molecular weight excluding hydrogens is 228 g/mol. The molecule has 0 amide bonds. The van der Waals surface area contributed by atoms with Gasteiger partial charge in [-0.15, -0.1) is 0 Å². The first kappa shape index (κ1) is 16.8. The molecule has 0 fully saturated rings. The van der Waals surface area contributed by atoms with Gasteiger partial charge in [0.1, 0.15) is 6.10 Å². The SMILES string of the molecule is C=C/C=C/CCOCC(O)COCC/C=C/C=C. The first-order valence-corrected chi connectivity index (χ1v) is 6.20. The first-order valence-electron chi connectivity index (χ1n) is 6.20. The number of hydrogen-bond acceptors (Lipinski definition) is 3. The van der Waals surface area contributed by atoms with Crippen LogP contribution in [0.2, 0.25) is 0 Å². The van der Waals surface area contributed by atoms with Crippen molar-refractivity contribution in [3.05, 3.63) is 49.6 Å². The topological polar surface area (TPSA) is 38.7 Å². The summed E-state index contributed by atoms with van der Waals surface area (Å²) in [5, 5.41) is 9.54. The lowest BCUT2D eigenvalue weighted by atomic mass is 10.3. The smallest absolute Gasteiger partial charge is 0.101 e. The lowest BCUT2D eigenvalue weighted by molar-refractivity contribution is -0.0169. The Balaban J connectivity index is 3.29. The highest BCUT2D eigenvalue weighted by atomic mass is 16.5. The average Bonchev–Trinajstić information content (AvgIpc) is 2.38. The van der Waals surface area contributed by atoms with Crippen LogP contribution in [0.15, 0.2) is 49.6 Å². The molecule has 18 heavy (non-hydrogen) atoms. The van der Waals surface area contributed by atoms with Crippen LogP contribution in [-0.4, -0.2) is 37.6 Å². The van der Waals surface area contributed by atoms with Gasteiger partial charge in [-0.25, -0.2) is 0 Å². The van der Waals surface area contributed by atoms with Crippen molar-refractivity contribution in [3.63, 3.8) is 0 Å². The van der Waals surface area contributed by atoms with Crippen LogP contribution in [0.25, 0.3) is 0 Å². The van der Waals surface area contributed by atoms with Gasteiger partial charge in [0.05, 0.1) is 26.4 Å². The van der Waals surface area contributed by atoms with E-state index in [2.05, 4.69) is 13.2 Å². The summed E-state index contributed by atoms with van der Waals surface area (Å²) in [6.45, 7) is 8.97. The van der Waals surface area contributed by atoms with E-state index in [9.17, 15) is 5.11 Å². The second-order valence-corrected chi connectivity index (χ2v) is 3.71. The lowest BCUT2D eigenvalue weighted by Crippen LogP contribution is -2.22. The summed E-state index contributed by atoms with van der Waals surface area (Å²) in [6, 6.07) is 0. The van der Waals surface area contributed by atoms with Crippen molar-refractivity contribution < 1.29 is 14.6 Å². The molecule has 1 N–H and O–H groups in total. The van der Waals surface area contributed by atoms with Gasteiger partial charge in [0, 0.05) is 0 Å². The van der Waals surface area contributed by atoms with E-state index in [1.807, 2.05) is 24.3 Å². The molecule has 0 saturated heterocycles. The maximum Gasteiger partial charge on any atom is 0.101 e. The summed E-state index contributed by atoms with van der Waals surface area (Å²) in [6.07, 6.45) is 12.2. The van der Waals surface area contributed by atoms with Gasteiger partial charge >= 0.3 is 0 Å². The van der Waals surface area contributed by atoms with E-state index in [0.717, 1.165) is 12.8 Å². The Bertz CT molecular complexity index is 230. The number of rotatable bonds is 12. The molecule has 0 bridgehead atoms. The van der Waals surface area contributed by atoms with Crippen LogP contribution >= 0.6 is 0 Å². The largest absolute Gasteiger partial charge is 0.388 e. The maximum absolute atomic E-state index is 9.54. The van der Waals surface area contributed by atoms with Gasteiger partial charge in [-0.3, -0.25) is 0 Å². The zero-order valence-corrected chi connectivity index (χ0v) is 11.0. The molecule has 0 aromatic carbocycles. The molecule has 0 rings (SSSR count). The minimum Gasteiger partial charge on any atom is -0.388 e. The van der Waals surface area contributed by atoms with Crippen LogP contribution in [-0.2, 0) is 9.47 Å². The fourth-order valence-corrected chi connectivity index (χ4v) is 1.17. The van der Waals surface area contributed by atoms with Gasteiger partial charge < -0.3 is 14.6 Å². The minimum absolute atomic E-state index is 0.310. The molecule has 0 saturated carbocycles. The third-order valence-electron chi connectivity index (χ3n) is 2.02. The molecule has 102 valence electrons. The molecule has 0 heterocycles. The molecule has 0 unspecified atom stereocenters. The van der Waals surface area contributed by atoms with Crippen LogP contribution in [0, 0.1) is 0 Å². The molecule has 3 nitrogen and oxygen atoms in total. The fraction of sp³-hybridized carbons (Fsp3) is 0.467. The third kappa shape index (κ3) is 12.9. The standard InChI is InChI=1S/C15H24O3/c1-3-5-7-9-11-17-13-15(16)14-18-12-10-8-6-4-2/h3-8,15-16H,1-2,9-14H2/b7-5+,8-6+. The minimum atomic E-state index is -0.559. The fourth-order valence-electron chi connectivity index (χ4n) is 1.17. The Morgan fingerprint density at radius 2 is 1.33 bits per heavy atom. The van der Waals surface area contributed by atoms with Crippen molar-refractivity contribution in [2.45, 2.75) is 18.9 Å². The van der Waals surface area contributed by atoms with Gasteiger partial charge in [-0.05, 0) is 12.8 Å². The monoisotopic (exact) mass is 252 g/mol. The van der Waals surface area contributed by atoms with Gasteiger partial charge in [0.15, 0.2) is 0 Å². The van der Waals surface area contributed by atoms with Crippen molar-refractivity contribution in [2.24, 2.45) is 0 Å². The highest BCUT2D eigenvalue weighted by Gasteiger charge is 2.03. The summed E-state index contributed by atoms with van der Waals surface area (Å²) < 4.78 is 10.6. The van der Waals surface area contributed by atoms with Crippen LogP contribution in [0.4, 0.5) is 0 Å². The summed E-state index contributed by atoms with van der Waals surface area (Å²) in [4.78, 5) is 0. The molecule has 0 aliphatic rings. The van der Waals surface area contributed by atoms with Crippen molar-refractivity contribution in [3.8, 4) is 0 Å². The molecule has 0 aromatic rings. The quantitative estimate of drug-likeness (QED) is 0.429. The molecule has 0 aliphatic carbocycles. The highest BCUT2D eigenvalue weighted by Crippen LogP contribution is 1.93. The molecule has 0 atom stereocenters. The van der Waals surface area contributed by atoms with Gasteiger partial charge in [-0.1, -0.05) is 49.6 Å². The molecular formula is C15H24O3. The van der Waals surface area contributed by atoms with E-state index < -0.39 is 6.10 Å². The Morgan fingerprint density at radius 1 is 0.889 bits per heavy atom. The number of allylic oxidation sites excluding steroid dienone is 4. The summed E-state index contributed by atoms with van der Waals surface area (Å²) in [7, 11) is 0. The van der Waals surface area contributed by atoms with Crippen LogP contribution in [0.5, 0.6) is 0 Å². The zero-order valence-electron chi connectivity index (χ0n) is 11.0. The zero-order chi connectivity index (χ0) is 13.5. The third-order valence-corrected chi connectivity index (χ3v) is 2.02. The number of aliphatic hydroxyl groups excluding tert-OH is 1. The molecule has 0 spiro atoms. The van der Waals surface area contributed by atoms with Crippen LogP contribution in [0.3, 0.4) is 0 Å². The first-order chi connectivity index (χ1) is 8.81. The van der Waals surface area contributed by atoms with Crippen molar-refractivity contribution in [1.82, 2.24) is 0 Å². The summed E-state index contributed by atoms with van der Waals surface area (Å²) in [5.74, 6) is 0. The highest BCUT2D eigenvalue weighted by molar-refractivity contribution is 4.97.